The molecule has 2 fully saturated rings. The van der Waals surface area contributed by atoms with Gasteiger partial charge in [-0.3, -0.25) is 9.20 Å². The summed E-state index contributed by atoms with van der Waals surface area (Å²) in [6.45, 7) is 2.25. The molecule has 178 valence electrons. The van der Waals surface area contributed by atoms with Crippen molar-refractivity contribution in [2.75, 3.05) is 30.3 Å². The number of nitrogens with zero attached hydrogens (tertiary/aromatic N) is 4. The first-order chi connectivity index (χ1) is 17.0. The Bertz CT molecular complexity index is 1410. The van der Waals surface area contributed by atoms with Gasteiger partial charge in [-0.25, -0.2) is 9.97 Å². The van der Waals surface area contributed by atoms with Crippen LogP contribution in [0.25, 0.3) is 16.8 Å². The molecule has 2 saturated heterocycles. The molecule has 0 radical (unpaired) electrons. The summed E-state index contributed by atoms with van der Waals surface area (Å²) in [5, 5.41) is 3.50. The third kappa shape index (κ3) is 3.74. The van der Waals surface area contributed by atoms with Crippen LogP contribution >= 0.6 is 11.6 Å². The van der Waals surface area contributed by atoms with Crippen LogP contribution in [-0.4, -0.2) is 39.9 Å². The zero-order chi connectivity index (χ0) is 24.0. The minimum Gasteiger partial charge on any atom is -0.457 e. The molecular formula is C26H25ClN6O2. The molecule has 2 aliphatic heterocycles. The monoisotopic (exact) mass is 488 g/mol. The Kier molecular flexibility index (Phi) is 5.25. The van der Waals surface area contributed by atoms with Crippen molar-refractivity contribution in [2.45, 2.75) is 19.3 Å². The average Bonchev–Trinajstić information content (AvgIpc) is 3.42. The number of carbonyl (C=O) groups is 1. The van der Waals surface area contributed by atoms with Gasteiger partial charge >= 0.3 is 0 Å². The second kappa shape index (κ2) is 8.46. The predicted octanol–water partition coefficient (Wildman–Crippen LogP) is 4.53. The van der Waals surface area contributed by atoms with E-state index in [0.29, 0.717) is 27.8 Å². The fraction of sp³-hybridized carbons (Fsp3) is 0.269. The molecule has 9 heteroatoms. The van der Waals surface area contributed by atoms with E-state index in [1.807, 2.05) is 53.1 Å². The molecule has 0 unspecified atom stereocenters. The van der Waals surface area contributed by atoms with Crippen LogP contribution in [0, 0.1) is 5.41 Å². The summed E-state index contributed by atoms with van der Waals surface area (Å²) >= 11 is 6.73. The zero-order valence-corrected chi connectivity index (χ0v) is 19.8. The molecule has 4 aromatic rings. The molecule has 6 rings (SSSR count). The van der Waals surface area contributed by atoms with E-state index in [1.54, 1.807) is 12.3 Å². The Morgan fingerprint density at radius 3 is 2.57 bits per heavy atom. The van der Waals surface area contributed by atoms with Crippen LogP contribution < -0.4 is 20.7 Å². The van der Waals surface area contributed by atoms with Crippen LogP contribution in [0.15, 0.2) is 60.9 Å². The summed E-state index contributed by atoms with van der Waals surface area (Å²) in [5.41, 5.74) is 8.20. The fourth-order valence-electron chi connectivity index (χ4n) is 5.16. The zero-order valence-electron chi connectivity index (χ0n) is 19.1. The fourth-order valence-corrected chi connectivity index (χ4v) is 5.42. The summed E-state index contributed by atoms with van der Waals surface area (Å²) in [7, 11) is 0. The van der Waals surface area contributed by atoms with Gasteiger partial charge in [0.2, 0.25) is 11.9 Å². The van der Waals surface area contributed by atoms with Crippen LogP contribution in [0.5, 0.6) is 11.5 Å². The maximum Gasteiger partial charge on any atom is 0.226 e. The van der Waals surface area contributed by atoms with Gasteiger partial charge < -0.3 is 20.7 Å². The Labute approximate surface area is 207 Å². The van der Waals surface area contributed by atoms with Gasteiger partial charge in [-0.1, -0.05) is 29.8 Å². The summed E-state index contributed by atoms with van der Waals surface area (Å²) in [4.78, 5) is 23.9. The maximum atomic E-state index is 12.4. The number of nitrogens with one attached hydrogen (secondary N) is 1. The Morgan fingerprint density at radius 1 is 1.06 bits per heavy atom. The summed E-state index contributed by atoms with van der Waals surface area (Å²) in [5.74, 6) is 2.71. The molecule has 0 atom stereocenters. The van der Waals surface area contributed by atoms with Crippen molar-refractivity contribution < 1.29 is 9.53 Å². The number of aromatic nitrogens is 3. The van der Waals surface area contributed by atoms with Gasteiger partial charge in [-0.05, 0) is 43.5 Å². The van der Waals surface area contributed by atoms with Gasteiger partial charge in [0.1, 0.15) is 28.5 Å². The van der Waals surface area contributed by atoms with E-state index in [0.717, 1.165) is 56.2 Å². The van der Waals surface area contributed by atoms with E-state index in [4.69, 9.17) is 27.1 Å². The van der Waals surface area contributed by atoms with Gasteiger partial charge in [0, 0.05) is 43.7 Å². The van der Waals surface area contributed by atoms with Crippen LogP contribution in [-0.2, 0) is 4.79 Å². The van der Waals surface area contributed by atoms with E-state index in [-0.39, 0.29) is 11.3 Å². The number of rotatable bonds is 4. The molecular weight excluding hydrogens is 464 g/mol. The number of piperidine rings is 1. The van der Waals surface area contributed by atoms with Crippen LogP contribution in [0.3, 0.4) is 0 Å². The normalized spacial score (nSPS) is 17.2. The Morgan fingerprint density at radius 2 is 1.86 bits per heavy atom. The predicted molar refractivity (Wildman–Crippen MR) is 136 cm³/mol. The first-order valence-corrected chi connectivity index (χ1v) is 12.1. The van der Waals surface area contributed by atoms with E-state index >= 15 is 0 Å². The first-order valence-electron chi connectivity index (χ1n) is 11.7. The first kappa shape index (κ1) is 21.7. The molecule has 2 aromatic heterocycles. The number of imidazole rings is 1. The van der Waals surface area contributed by atoms with Gasteiger partial charge in [-0.2, -0.15) is 0 Å². The third-order valence-corrected chi connectivity index (χ3v) is 7.43. The van der Waals surface area contributed by atoms with E-state index < -0.39 is 0 Å². The highest BCUT2D eigenvalue weighted by atomic mass is 35.5. The molecule has 35 heavy (non-hydrogen) atoms. The summed E-state index contributed by atoms with van der Waals surface area (Å²) < 4.78 is 7.90. The maximum absolute atomic E-state index is 12.4. The molecule has 4 heterocycles. The number of carbonyl (C=O) groups excluding carboxylic acids is 1. The van der Waals surface area contributed by atoms with Crippen molar-refractivity contribution >= 4 is 34.8 Å². The Hall–Kier alpha value is -3.78. The minimum atomic E-state index is -0.245. The van der Waals surface area contributed by atoms with E-state index in [9.17, 15) is 4.79 Å². The highest BCUT2D eigenvalue weighted by Gasteiger charge is 2.44. The number of anilines is 2. The van der Waals surface area contributed by atoms with Crippen molar-refractivity contribution in [1.82, 2.24) is 19.7 Å². The average molecular weight is 489 g/mol. The van der Waals surface area contributed by atoms with E-state index in [1.165, 1.54) is 0 Å². The number of benzene rings is 2. The van der Waals surface area contributed by atoms with Gasteiger partial charge in [0.15, 0.2) is 0 Å². The van der Waals surface area contributed by atoms with Crippen LogP contribution in [0.1, 0.15) is 19.3 Å². The third-order valence-electron chi connectivity index (χ3n) is 7.11. The molecule has 0 bridgehead atoms. The Balaban J connectivity index is 1.35. The van der Waals surface area contributed by atoms with Gasteiger partial charge in [0.25, 0.3) is 0 Å². The summed E-state index contributed by atoms with van der Waals surface area (Å²) in [6, 6.07) is 15.1. The minimum absolute atomic E-state index is 0.184. The number of hydrogen-bond acceptors (Lipinski definition) is 6. The lowest BCUT2D eigenvalue weighted by atomic mass is 9.77. The van der Waals surface area contributed by atoms with Gasteiger partial charge in [-0.15, -0.1) is 0 Å². The van der Waals surface area contributed by atoms with Crippen molar-refractivity contribution in [3.63, 3.8) is 0 Å². The topological polar surface area (TPSA) is 97.8 Å². The van der Waals surface area contributed by atoms with E-state index in [2.05, 4.69) is 15.2 Å². The molecule has 1 spiro atoms. The smallest absolute Gasteiger partial charge is 0.226 e. The molecule has 1 amide bonds. The quantitative estimate of drug-likeness (QED) is 0.438. The molecule has 2 aromatic carbocycles. The number of amides is 1. The SMILES string of the molecule is Nc1nccn2c(N3CCC4(CCNC4=O)CC3)nc(-c3ccc(Oc4ccccc4)cc3Cl)c12. The number of nitrogens with two attached hydrogens (primary N) is 1. The lowest BCUT2D eigenvalue weighted by molar-refractivity contribution is -0.128. The van der Waals surface area contributed by atoms with Crippen molar-refractivity contribution in [3.05, 3.63) is 65.9 Å². The largest absolute Gasteiger partial charge is 0.457 e. The summed E-state index contributed by atoms with van der Waals surface area (Å²) in [6.07, 6.45) is 6.04. The number of nitrogen functional groups attached to an aromatic ring is 1. The number of ether oxygens (including phenoxy) is 1. The van der Waals surface area contributed by atoms with Crippen molar-refractivity contribution in [2.24, 2.45) is 5.41 Å². The lowest BCUT2D eigenvalue weighted by Gasteiger charge is -2.37. The standard InChI is InChI=1S/C26H25ClN6O2/c27-20-16-18(35-17-4-2-1-3-5-17)6-7-19(20)21-22-23(28)29-12-15-33(22)25(31-21)32-13-9-26(10-14-32)8-11-30-24(26)34/h1-7,12,15-16H,8-11,13-14H2,(H2,28,29)(H,30,34). The molecule has 8 nitrogen and oxygen atoms in total. The second-order valence-corrected chi connectivity index (χ2v) is 9.53. The number of para-hydroxylation sites is 1. The number of fused-ring (bicyclic) bond motifs is 1. The van der Waals surface area contributed by atoms with Gasteiger partial charge in [0.05, 0.1) is 10.4 Å². The van der Waals surface area contributed by atoms with Crippen LogP contribution in [0.2, 0.25) is 5.02 Å². The van der Waals surface area contributed by atoms with Crippen molar-refractivity contribution in [3.8, 4) is 22.8 Å². The van der Waals surface area contributed by atoms with Crippen molar-refractivity contribution in [1.29, 1.82) is 0 Å². The second-order valence-electron chi connectivity index (χ2n) is 9.12. The highest BCUT2D eigenvalue weighted by molar-refractivity contribution is 6.33. The van der Waals surface area contributed by atoms with Crippen LogP contribution in [0.4, 0.5) is 11.8 Å². The molecule has 0 saturated carbocycles. The molecule has 2 aliphatic rings. The highest BCUT2D eigenvalue weighted by Crippen LogP contribution is 2.41. The lowest BCUT2D eigenvalue weighted by Crippen LogP contribution is -2.44. The number of halogens is 1. The molecule has 3 N–H and O–H groups in total. The number of hydrogen-bond donors (Lipinski definition) is 2. The molecule has 0 aliphatic carbocycles.